The highest BCUT2D eigenvalue weighted by molar-refractivity contribution is 7.89. The molecule has 29 heavy (non-hydrogen) atoms. The summed E-state index contributed by atoms with van der Waals surface area (Å²) in [7, 11) is -4.03. The first-order chi connectivity index (χ1) is 13.9. The molecule has 1 heterocycles. The minimum Gasteiger partial charge on any atom is -0.486 e. The van der Waals surface area contributed by atoms with Gasteiger partial charge in [-0.1, -0.05) is 31.0 Å². The maximum atomic E-state index is 12.9. The van der Waals surface area contributed by atoms with Gasteiger partial charge < -0.3 is 9.47 Å². The van der Waals surface area contributed by atoms with Crippen molar-refractivity contribution in [2.24, 2.45) is 0 Å². The summed E-state index contributed by atoms with van der Waals surface area (Å²) in [4.78, 5) is 10.2. The Labute approximate surface area is 169 Å². The maximum absolute atomic E-state index is 12.9. The molecular weight excluding hydrogens is 396 g/mol. The van der Waals surface area contributed by atoms with Gasteiger partial charge in [0.15, 0.2) is 16.4 Å². The van der Waals surface area contributed by atoms with E-state index in [0.29, 0.717) is 24.7 Å². The van der Waals surface area contributed by atoms with Gasteiger partial charge in [0, 0.05) is 18.0 Å². The fourth-order valence-corrected chi connectivity index (χ4v) is 5.44. The molecule has 0 aromatic heterocycles. The van der Waals surface area contributed by atoms with E-state index in [-0.39, 0.29) is 16.9 Å². The van der Waals surface area contributed by atoms with Crippen LogP contribution in [0.1, 0.15) is 31.2 Å². The van der Waals surface area contributed by atoms with Gasteiger partial charge in [-0.15, -0.1) is 0 Å². The molecule has 1 saturated carbocycles. The lowest BCUT2D eigenvalue weighted by atomic mass is 9.79. The van der Waals surface area contributed by atoms with Gasteiger partial charge in [-0.2, -0.15) is 0 Å². The molecule has 0 saturated heterocycles. The second kappa shape index (κ2) is 7.64. The summed E-state index contributed by atoms with van der Waals surface area (Å²) < 4.78 is 39.6. The molecule has 2 aromatic rings. The predicted molar refractivity (Wildman–Crippen MR) is 106 cm³/mol. The molecule has 9 heteroatoms. The molecule has 2 aliphatic rings. The summed E-state index contributed by atoms with van der Waals surface area (Å²) in [5, 5.41) is 11.2. The molecule has 1 aliphatic carbocycles. The molecule has 0 atom stereocenters. The zero-order valence-corrected chi connectivity index (χ0v) is 16.6. The number of nitrogens with zero attached hydrogens (tertiary/aromatic N) is 1. The molecule has 0 bridgehead atoms. The molecule has 0 radical (unpaired) electrons. The van der Waals surface area contributed by atoms with Gasteiger partial charge in [0.05, 0.1) is 4.92 Å². The third kappa shape index (κ3) is 3.79. The van der Waals surface area contributed by atoms with Crippen LogP contribution in [0, 0.1) is 10.1 Å². The first-order valence-electron chi connectivity index (χ1n) is 9.55. The van der Waals surface area contributed by atoms with Crippen molar-refractivity contribution in [2.45, 2.75) is 36.0 Å². The Morgan fingerprint density at radius 1 is 1.03 bits per heavy atom. The normalized spacial score (nSPS) is 17.8. The number of para-hydroxylation sites is 1. The topological polar surface area (TPSA) is 108 Å². The molecule has 154 valence electrons. The van der Waals surface area contributed by atoms with E-state index in [1.807, 2.05) is 18.2 Å². The molecule has 8 nitrogen and oxygen atoms in total. The van der Waals surface area contributed by atoms with Crippen LogP contribution in [0.25, 0.3) is 0 Å². The second-order valence-corrected chi connectivity index (χ2v) is 9.13. The number of nitrogens with one attached hydrogen (secondary N) is 1. The van der Waals surface area contributed by atoms with Crippen LogP contribution in [-0.4, -0.2) is 33.1 Å². The van der Waals surface area contributed by atoms with E-state index in [1.165, 1.54) is 24.3 Å². The minimum atomic E-state index is -4.03. The van der Waals surface area contributed by atoms with E-state index in [1.54, 1.807) is 0 Å². The molecular formula is C20H22N2O6S. The lowest BCUT2D eigenvalue weighted by Crippen LogP contribution is -2.39. The van der Waals surface area contributed by atoms with Crippen LogP contribution in [0.2, 0.25) is 0 Å². The number of nitro benzene ring substituents is 1. The highest BCUT2D eigenvalue weighted by atomic mass is 32.2. The summed E-state index contributed by atoms with van der Waals surface area (Å²) in [6.07, 6.45) is 3.63. The van der Waals surface area contributed by atoms with Gasteiger partial charge in [-0.05, 0) is 36.6 Å². The van der Waals surface area contributed by atoms with Crippen molar-refractivity contribution in [3.05, 3.63) is 58.1 Å². The summed E-state index contributed by atoms with van der Waals surface area (Å²) in [5.41, 5.74) is 0.177. The fraction of sp³-hybridized carbons (Fsp3) is 0.400. The van der Waals surface area contributed by atoms with Crippen molar-refractivity contribution < 1.29 is 22.8 Å². The van der Waals surface area contributed by atoms with Crippen LogP contribution < -0.4 is 14.2 Å². The zero-order valence-electron chi connectivity index (χ0n) is 15.8. The average Bonchev–Trinajstić information content (AvgIpc) is 3.22. The van der Waals surface area contributed by atoms with Gasteiger partial charge in [0.1, 0.15) is 13.2 Å². The Bertz CT molecular complexity index is 1030. The summed E-state index contributed by atoms with van der Waals surface area (Å²) >= 11 is 0. The Morgan fingerprint density at radius 3 is 2.45 bits per heavy atom. The standard InChI is InChI=1S/C20H22N2O6S/c23-22(24)16-5-1-2-6-19(16)29(25,26)21-14-20(9-3-4-10-20)15-7-8-17-18(13-15)28-12-11-27-17/h1-2,5-8,13,21H,3-4,9-12,14H2. The molecule has 0 amide bonds. The molecule has 1 aliphatic heterocycles. The van der Waals surface area contributed by atoms with Crippen molar-refractivity contribution in [3.63, 3.8) is 0 Å². The van der Waals surface area contributed by atoms with Gasteiger partial charge in [0.2, 0.25) is 10.0 Å². The van der Waals surface area contributed by atoms with Crippen LogP contribution in [0.4, 0.5) is 5.69 Å². The molecule has 2 aromatic carbocycles. The van der Waals surface area contributed by atoms with E-state index in [0.717, 1.165) is 31.2 Å². The monoisotopic (exact) mass is 418 g/mol. The number of fused-ring (bicyclic) bond motifs is 1. The van der Waals surface area contributed by atoms with Crippen molar-refractivity contribution in [3.8, 4) is 11.5 Å². The number of nitro groups is 1. The van der Waals surface area contributed by atoms with Crippen LogP contribution in [-0.2, 0) is 15.4 Å². The molecule has 1 N–H and O–H groups in total. The van der Waals surface area contributed by atoms with E-state index in [4.69, 9.17) is 9.47 Å². The Hall–Kier alpha value is -2.65. The van der Waals surface area contributed by atoms with Crippen molar-refractivity contribution >= 4 is 15.7 Å². The highest BCUT2D eigenvalue weighted by Gasteiger charge is 2.38. The fourth-order valence-electron chi connectivity index (χ4n) is 4.14. The van der Waals surface area contributed by atoms with E-state index >= 15 is 0 Å². The first-order valence-corrected chi connectivity index (χ1v) is 11.0. The average molecular weight is 418 g/mol. The van der Waals surface area contributed by atoms with Gasteiger partial charge in [-0.3, -0.25) is 10.1 Å². The predicted octanol–water partition coefficient (Wildman–Crippen LogP) is 3.16. The Balaban J connectivity index is 1.62. The second-order valence-electron chi connectivity index (χ2n) is 7.40. The Morgan fingerprint density at radius 2 is 1.72 bits per heavy atom. The van der Waals surface area contributed by atoms with Gasteiger partial charge in [0.25, 0.3) is 5.69 Å². The number of hydrogen-bond donors (Lipinski definition) is 1. The smallest absolute Gasteiger partial charge is 0.289 e. The first kappa shape index (κ1) is 19.7. The van der Waals surface area contributed by atoms with Gasteiger partial charge >= 0.3 is 0 Å². The lowest BCUT2D eigenvalue weighted by molar-refractivity contribution is -0.387. The third-order valence-electron chi connectivity index (χ3n) is 5.67. The molecule has 4 rings (SSSR count). The number of benzene rings is 2. The summed E-state index contributed by atoms with van der Waals surface area (Å²) in [5.74, 6) is 1.36. The lowest BCUT2D eigenvalue weighted by Gasteiger charge is -2.31. The SMILES string of the molecule is O=[N+]([O-])c1ccccc1S(=O)(=O)NCC1(c2ccc3c(c2)OCCO3)CCCC1. The van der Waals surface area contributed by atoms with Crippen LogP contribution >= 0.6 is 0 Å². The maximum Gasteiger partial charge on any atom is 0.289 e. The summed E-state index contributed by atoms with van der Waals surface area (Å²) in [6, 6.07) is 11.1. The molecule has 1 fully saturated rings. The van der Waals surface area contributed by atoms with Gasteiger partial charge in [-0.25, -0.2) is 13.1 Å². The minimum absolute atomic E-state index is 0.168. The van der Waals surface area contributed by atoms with Crippen molar-refractivity contribution in [1.29, 1.82) is 0 Å². The largest absolute Gasteiger partial charge is 0.486 e. The number of ether oxygens (including phenoxy) is 2. The zero-order chi connectivity index (χ0) is 20.5. The third-order valence-corrected chi connectivity index (χ3v) is 7.12. The molecule has 0 unspecified atom stereocenters. The van der Waals surface area contributed by atoms with Crippen molar-refractivity contribution in [2.75, 3.05) is 19.8 Å². The van der Waals surface area contributed by atoms with Crippen LogP contribution in [0.15, 0.2) is 47.4 Å². The van der Waals surface area contributed by atoms with Crippen LogP contribution in [0.3, 0.4) is 0 Å². The number of rotatable bonds is 6. The summed E-state index contributed by atoms with van der Waals surface area (Å²) in [6.45, 7) is 1.15. The molecule has 0 spiro atoms. The quantitative estimate of drug-likeness (QED) is 0.570. The van der Waals surface area contributed by atoms with E-state index in [2.05, 4.69) is 4.72 Å². The number of hydrogen-bond acceptors (Lipinski definition) is 6. The van der Waals surface area contributed by atoms with E-state index in [9.17, 15) is 18.5 Å². The van der Waals surface area contributed by atoms with Crippen molar-refractivity contribution in [1.82, 2.24) is 4.72 Å². The Kier molecular flexibility index (Phi) is 5.18. The number of sulfonamides is 1. The highest BCUT2D eigenvalue weighted by Crippen LogP contribution is 2.44. The van der Waals surface area contributed by atoms with E-state index < -0.39 is 20.6 Å². The van der Waals surface area contributed by atoms with Crippen LogP contribution in [0.5, 0.6) is 11.5 Å².